The third-order valence-corrected chi connectivity index (χ3v) is 5.64. The first-order valence-corrected chi connectivity index (χ1v) is 10.6. The molecule has 1 saturated heterocycles. The predicted octanol–water partition coefficient (Wildman–Crippen LogP) is 2.66. The number of carboxylic acids is 1. The fourth-order valence-electron chi connectivity index (χ4n) is 2.71. The minimum Gasteiger partial charge on any atom is -0.493 e. The van der Waals surface area contributed by atoms with Crippen molar-refractivity contribution in [2.75, 3.05) is 20.3 Å². The summed E-state index contributed by atoms with van der Waals surface area (Å²) >= 11 is 6.43. The molecule has 0 aliphatic carbocycles. The van der Waals surface area contributed by atoms with E-state index in [2.05, 4.69) is 5.32 Å². The molecule has 0 saturated carbocycles. The molecule has 1 fully saturated rings. The largest absolute Gasteiger partial charge is 0.493 e. The molecule has 1 aliphatic heterocycles. The highest BCUT2D eigenvalue weighted by Crippen LogP contribution is 2.34. The van der Waals surface area contributed by atoms with Crippen LogP contribution < -0.4 is 14.8 Å². The quantitative estimate of drug-likeness (QED) is 0.412. The molecule has 2 amide bonds. The van der Waals surface area contributed by atoms with Gasteiger partial charge >= 0.3 is 5.97 Å². The molecular weight excluding hydrogens is 428 g/mol. The normalized spacial score (nSPS) is 16.0. The van der Waals surface area contributed by atoms with E-state index in [0.29, 0.717) is 27.3 Å². The zero-order valence-electron chi connectivity index (χ0n) is 17.0. The van der Waals surface area contributed by atoms with Gasteiger partial charge in [0.05, 0.1) is 18.6 Å². The monoisotopic (exact) mass is 452 g/mol. The molecule has 0 aromatic heterocycles. The van der Waals surface area contributed by atoms with E-state index < -0.39 is 17.9 Å². The Hall–Kier alpha value is -2.59. The Morgan fingerprint density at radius 1 is 1.33 bits per heavy atom. The highest BCUT2D eigenvalue weighted by Gasteiger charge is 2.32. The zero-order valence-corrected chi connectivity index (χ0v) is 18.6. The Bertz CT molecular complexity index is 871. The minimum atomic E-state index is -1.09. The lowest BCUT2D eigenvalue weighted by molar-refractivity contribution is -0.142. The summed E-state index contributed by atoms with van der Waals surface area (Å²) < 4.78 is 11.2. The van der Waals surface area contributed by atoms with Gasteiger partial charge in [0.25, 0.3) is 5.91 Å². The molecule has 30 heavy (non-hydrogen) atoms. The van der Waals surface area contributed by atoms with Crippen LogP contribution in [0.1, 0.15) is 32.3 Å². The van der Waals surface area contributed by atoms with Crippen LogP contribution in [-0.2, 0) is 14.4 Å². The number of nitrogens with one attached hydrogen (secondary N) is 1. The molecule has 1 aromatic rings. The van der Waals surface area contributed by atoms with Crippen molar-refractivity contribution in [1.82, 2.24) is 10.2 Å². The van der Waals surface area contributed by atoms with Gasteiger partial charge in [-0.1, -0.05) is 37.0 Å². The summed E-state index contributed by atoms with van der Waals surface area (Å²) in [6, 6.07) is 4.40. The van der Waals surface area contributed by atoms with Crippen molar-refractivity contribution in [2.24, 2.45) is 0 Å². The molecule has 2 rings (SSSR count). The summed E-state index contributed by atoms with van der Waals surface area (Å²) in [5.41, 5.74) is 0.751. The molecule has 1 unspecified atom stereocenters. The van der Waals surface area contributed by atoms with Crippen molar-refractivity contribution in [3.8, 4) is 11.5 Å². The average molecular weight is 453 g/mol. The summed E-state index contributed by atoms with van der Waals surface area (Å²) in [6.07, 6.45) is 1.94. The van der Waals surface area contributed by atoms with Crippen LogP contribution in [0.2, 0.25) is 0 Å². The Balaban J connectivity index is 2.05. The number of carbonyl (C=O) groups is 3. The third kappa shape index (κ3) is 5.96. The number of thioether (sulfide) groups is 1. The van der Waals surface area contributed by atoms with Crippen LogP contribution in [0.5, 0.6) is 11.5 Å². The molecule has 10 heteroatoms. The van der Waals surface area contributed by atoms with Gasteiger partial charge in [0.15, 0.2) is 11.5 Å². The van der Waals surface area contributed by atoms with Gasteiger partial charge in [-0.2, -0.15) is 0 Å². The van der Waals surface area contributed by atoms with Gasteiger partial charge in [0, 0.05) is 13.0 Å². The lowest BCUT2D eigenvalue weighted by Crippen LogP contribution is -2.42. The van der Waals surface area contributed by atoms with Crippen molar-refractivity contribution >= 4 is 52.2 Å². The van der Waals surface area contributed by atoms with Crippen LogP contribution >= 0.6 is 24.0 Å². The lowest BCUT2D eigenvalue weighted by Gasteiger charge is -2.16. The Morgan fingerprint density at radius 2 is 2.07 bits per heavy atom. The van der Waals surface area contributed by atoms with Crippen molar-refractivity contribution < 1.29 is 29.0 Å². The number of aliphatic carboxylic acids is 1. The molecule has 1 aliphatic rings. The number of ether oxygens (including phenoxy) is 2. The van der Waals surface area contributed by atoms with Gasteiger partial charge < -0.3 is 19.9 Å². The molecule has 0 radical (unpaired) electrons. The summed E-state index contributed by atoms with van der Waals surface area (Å²) in [5, 5.41) is 11.4. The van der Waals surface area contributed by atoms with Gasteiger partial charge in [-0.3, -0.25) is 14.5 Å². The van der Waals surface area contributed by atoms with Gasteiger partial charge in [-0.15, -0.1) is 0 Å². The Labute approximate surface area is 184 Å². The van der Waals surface area contributed by atoms with E-state index in [-0.39, 0.29) is 25.3 Å². The number of carbonyl (C=O) groups excluding carboxylic acids is 2. The van der Waals surface area contributed by atoms with Crippen molar-refractivity contribution in [2.45, 2.75) is 32.7 Å². The standard InChI is InChI=1S/C20H24N2O6S2/c1-4-13(19(25)26)21-17(23)8-9-22-18(24)16(30-20(22)29)11-12-6-7-14(28-5-2)15(10-12)27-3/h6-7,10-11,13H,4-5,8-9H2,1-3H3,(H,21,23)(H,25,26). The van der Waals surface area contributed by atoms with Gasteiger partial charge in [-0.05, 0) is 37.1 Å². The Kier molecular flexibility index (Phi) is 8.67. The minimum absolute atomic E-state index is 0.0413. The maximum absolute atomic E-state index is 12.7. The second-order valence-electron chi connectivity index (χ2n) is 6.29. The van der Waals surface area contributed by atoms with Gasteiger partial charge in [0.1, 0.15) is 10.4 Å². The number of rotatable bonds is 10. The lowest BCUT2D eigenvalue weighted by atomic mass is 10.2. The maximum Gasteiger partial charge on any atom is 0.326 e. The van der Waals surface area contributed by atoms with E-state index in [0.717, 1.165) is 17.3 Å². The van der Waals surface area contributed by atoms with Crippen molar-refractivity contribution in [1.29, 1.82) is 0 Å². The van der Waals surface area contributed by atoms with Gasteiger partial charge in [-0.25, -0.2) is 4.79 Å². The predicted molar refractivity (Wildman–Crippen MR) is 119 cm³/mol. The fraction of sp³-hybridized carbons (Fsp3) is 0.400. The van der Waals surface area contributed by atoms with E-state index >= 15 is 0 Å². The second kappa shape index (κ2) is 11.0. The van der Waals surface area contributed by atoms with Crippen LogP contribution in [0.3, 0.4) is 0 Å². The summed E-state index contributed by atoms with van der Waals surface area (Å²) in [6.45, 7) is 4.13. The molecule has 1 atom stereocenters. The van der Waals surface area contributed by atoms with Gasteiger partial charge in [0.2, 0.25) is 5.91 Å². The summed E-state index contributed by atoms with van der Waals surface area (Å²) in [5.74, 6) is -0.663. The first-order chi connectivity index (χ1) is 14.3. The Morgan fingerprint density at radius 3 is 2.67 bits per heavy atom. The number of amides is 2. The van der Waals surface area contributed by atoms with E-state index in [1.165, 1.54) is 4.90 Å². The van der Waals surface area contributed by atoms with Crippen LogP contribution in [0.15, 0.2) is 23.1 Å². The molecule has 1 aromatic carbocycles. The summed E-state index contributed by atoms with van der Waals surface area (Å²) in [4.78, 5) is 37.5. The highest BCUT2D eigenvalue weighted by molar-refractivity contribution is 8.26. The third-order valence-electron chi connectivity index (χ3n) is 4.26. The number of methoxy groups -OCH3 is 1. The van der Waals surface area contributed by atoms with Crippen LogP contribution in [0.25, 0.3) is 6.08 Å². The van der Waals surface area contributed by atoms with Crippen LogP contribution in [0.4, 0.5) is 0 Å². The van der Waals surface area contributed by atoms with Crippen molar-refractivity contribution in [3.63, 3.8) is 0 Å². The molecule has 2 N–H and O–H groups in total. The highest BCUT2D eigenvalue weighted by atomic mass is 32.2. The maximum atomic E-state index is 12.7. The smallest absolute Gasteiger partial charge is 0.326 e. The fourth-order valence-corrected chi connectivity index (χ4v) is 4.02. The van der Waals surface area contributed by atoms with Crippen molar-refractivity contribution in [3.05, 3.63) is 28.7 Å². The number of hydrogen-bond acceptors (Lipinski definition) is 7. The molecule has 162 valence electrons. The van der Waals surface area contributed by atoms with Crippen LogP contribution in [0, 0.1) is 0 Å². The molecule has 1 heterocycles. The average Bonchev–Trinajstić information content (AvgIpc) is 2.98. The summed E-state index contributed by atoms with van der Waals surface area (Å²) in [7, 11) is 1.54. The molecule has 0 spiro atoms. The van der Waals surface area contributed by atoms with E-state index in [1.807, 2.05) is 13.0 Å². The van der Waals surface area contributed by atoms with E-state index in [1.54, 1.807) is 32.2 Å². The molecule has 0 bridgehead atoms. The topological polar surface area (TPSA) is 105 Å². The number of hydrogen-bond donors (Lipinski definition) is 2. The van der Waals surface area contributed by atoms with E-state index in [4.69, 9.17) is 26.8 Å². The van der Waals surface area contributed by atoms with E-state index in [9.17, 15) is 14.4 Å². The number of benzene rings is 1. The SMILES string of the molecule is CCOc1ccc(C=C2SC(=S)N(CCC(=O)NC(CC)C(=O)O)C2=O)cc1OC. The first kappa shape index (κ1) is 23.7. The number of carboxylic acid groups (broad SMARTS) is 1. The second-order valence-corrected chi connectivity index (χ2v) is 7.97. The molecular formula is C20H24N2O6S2. The van der Waals surface area contributed by atoms with Crippen LogP contribution in [-0.4, -0.2) is 58.4 Å². The first-order valence-electron chi connectivity index (χ1n) is 9.39. The zero-order chi connectivity index (χ0) is 22.3. The molecule has 8 nitrogen and oxygen atoms in total. The number of nitrogens with zero attached hydrogens (tertiary/aromatic N) is 1. The number of thiocarbonyl (C=S) groups is 1.